The normalized spacial score (nSPS) is 35.9. The van der Waals surface area contributed by atoms with Crippen molar-refractivity contribution in [2.45, 2.75) is 45.1 Å². The summed E-state index contributed by atoms with van der Waals surface area (Å²) in [5.74, 6) is 0.405. The molecular weight excluding hydrogens is 252 g/mol. The highest BCUT2D eigenvalue weighted by Crippen LogP contribution is 2.27. The second-order valence-electron chi connectivity index (χ2n) is 5.81. The smallest absolute Gasteiger partial charge is 0.227 e. The SMILES string of the molecule is CC1(C(=O)NCC2CCCC2O)CCCNC1.Cl. The zero-order chi connectivity index (χ0) is 12.3. The van der Waals surface area contributed by atoms with Crippen molar-refractivity contribution >= 4 is 18.3 Å². The van der Waals surface area contributed by atoms with Crippen LogP contribution < -0.4 is 10.6 Å². The molecule has 0 aromatic rings. The van der Waals surface area contributed by atoms with Gasteiger partial charge in [-0.2, -0.15) is 0 Å². The molecule has 0 aromatic carbocycles. The number of rotatable bonds is 3. The van der Waals surface area contributed by atoms with E-state index in [-0.39, 0.29) is 35.8 Å². The van der Waals surface area contributed by atoms with Crippen LogP contribution in [0.15, 0.2) is 0 Å². The van der Waals surface area contributed by atoms with Crippen molar-refractivity contribution in [1.82, 2.24) is 10.6 Å². The van der Waals surface area contributed by atoms with E-state index in [1.165, 1.54) is 0 Å². The van der Waals surface area contributed by atoms with Crippen LogP contribution in [0.25, 0.3) is 0 Å². The van der Waals surface area contributed by atoms with E-state index in [1.54, 1.807) is 0 Å². The van der Waals surface area contributed by atoms with Gasteiger partial charge in [-0.15, -0.1) is 12.4 Å². The lowest BCUT2D eigenvalue weighted by Gasteiger charge is -2.33. The van der Waals surface area contributed by atoms with Crippen LogP contribution in [0.5, 0.6) is 0 Å². The van der Waals surface area contributed by atoms with Crippen LogP contribution in [0.2, 0.25) is 0 Å². The van der Waals surface area contributed by atoms with Gasteiger partial charge < -0.3 is 15.7 Å². The lowest BCUT2D eigenvalue weighted by molar-refractivity contribution is -0.131. The summed E-state index contributed by atoms with van der Waals surface area (Å²) in [6, 6.07) is 0. The van der Waals surface area contributed by atoms with Crippen molar-refractivity contribution in [3.05, 3.63) is 0 Å². The van der Waals surface area contributed by atoms with E-state index in [0.717, 1.165) is 45.2 Å². The van der Waals surface area contributed by atoms with Gasteiger partial charge in [0.15, 0.2) is 0 Å². The Morgan fingerprint density at radius 1 is 1.44 bits per heavy atom. The van der Waals surface area contributed by atoms with E-state index in [9.17, 15) is 9.90 Å². The van der Waals surface area contributed by atoms with Gasteiger partial charge in [0.05, 0.1) is 11.5 Å². The van der Waals surface area contributed by atoms with Gasteiger partial charge in [-0.05, 0) is 39.2 Å². The molecule has 4 nitrogen and oxygen atoms in total. The zero-order valence-electron chi connectivity index (χ0n) is 11.1. The molecule has 18 heavy (non-hydrogen) atoms. The first-order valence-electron chi connectivity index (χ1n) is 6.79. The van der Waals surface area contributed by atoms with E-state index < -0.39 is 0 Å². The highest BCUT2D eigenvalue weighted by Gasteiger charge is 2.35. The summed E-state index contributed by atoms with van der Waals surface area (Å²) in [6.45, 7) is 4.45. The van der Waals surface area contributed by atoms with Crippen molar-refractivity contribution in [3.63, 3.8) is 0 Å². The molecule has 3 atom stereocenters. The molecule has 3 unspecified atom stereocenters. The van der Waals surface area contributed by atoms with Crippen LogP contribution in [0.1, 0.15) is 39.0 Å². The van der Waals surface area contributed by atoms with Gasteiger partial charge in [-0.1, -0.05) is 6.42 Å². The third kappa shape index (κ3) is 3.59. The predicted molar refractivity (Wildman–Crippen MR) is 73.8 cm³/mol. The first-order valence-corrected chi connectivity index (χ1v) is 6.79. The molecule has 1 saturated heterocycles. The Hall–Kier alpha value is -0.320. The number of carbonyl (C=O) groups is 1. The van der Waals surface area contributed by atoms with Crippen LogP contribution >= 0.6 is 12.4 Å². The third-order valence-electron chi connectivity index (χ3n) is 4.29. The maximum atomic E-state index is 12.2. The molecule has 1 heterocycles. The van der Waals surface area contributed by atoms with Gasteiger partial charge in [-0.25, -0.2) is 0 Å². The molecule has 1 aliphatic heterocycles. The molecule has 0 spiro atoms. The van der Waals surface area contributed by atoms with Gasteiger partial charge in [0, 0.05) is 19.0 Å². The summed E-state index contributed by atoms with van der Waals surface area (Å²) in [4.78, 5) is 12.2. The van der Waals surface area contributed by atoms with Crippen LogP contribution in [-0.2, 0) is 4.79 Å². The average molecular weight is 277 g/mol. The highest BCUT2D eigenvalue weighted by atomic mass is 35.5. The van der Waals surface area contributed by atoms with Crippen molar-refractivity contribution in [2.24, 2.45) is 11.3 Å². The lowest BCUT2D eigenvalue weighted by Crippen LogP contribution is -2.49. The Labute approximate surface area is 115 Å². The maximum absolute atomic E-state index is 12.2. The summed E-state index contributed by atoms with van der Waals surface area (Å²) in [7, 11) is 0. The number of aliphatic hydroxyl groups is 1. The Balaban J connectivity index is 0.00000162. The first-order chi connectivity index (χ1) is 8.12. The van der Waals surface area contributed by atoms with Gasteiger partial charge in [0.1, 0.15) is 0 Å². The van der Waals surface area contributed by atoms with Crippen molar-refractivity contribution in [3.8, 4) is 0 Å². The molecule has 2 aliphatic rings. The van der Waals surface area contributed by atoms with Gasteiger partial charge in [0.25, 0.3) is 0 Å². The molecule has 0 radical (unpaired) electrons. The maximum Gasteiger partial charge on any atom is 0.227 e. The molecule has 106 valence electrons. The largest absolute Gasteiger partial charge is 0.393 e. The lowest BCUT2D eigenvalue weighted by atomic mass is 9.82. The minimum Gasteiger partial charge on any atom is -0.393 e. The second-order valence-corrected chi connectivity index (χ2v) is 5.81. The fraction of sp³-hybridized carbons (Fsp3) is 0.923. The molecular formula is C13H25ClN2O2. The average Bonchev–Trinajstić information content (AvgIpc) is 2.73. The topological polar surface area (TPSA) is 61.4 Å². The fourth-order valence-electron chi connectivity index (χ4n) is 2.94. The molecule has 3 N–H and O–H groups in total. The number of hydrogen-bond acceptors (Lipinski definition) is 3. The molecule has 2 fully saturated rings. The van der Waals surface area contributed by atoms with Gasteiger partial charge in [0.2, 0.25) is 5.91 Å². The fourth-order valence-corrected chi connectivity index (χ4v) is 2.94. The number of halogens is 1. The third-order valence-corrected chi connectivity index (χ3v) is 4.29. The number of piperidine rings is 1. The number of amides is 1. The number of aliphatic hydroxyl groups excluding tert-OH is 1. The van der Waals surface area contributed by atoms with Gasteiger partial charge >= 0.3 is 0 Å². The van der Waals surface area contributed by atoms with Crippen molar-refractivity contribution in [2.75, 3.05) is 19.6 Å². The molecule has 2 rings (SSSR count). The quantitative estimate of drug-likeness (QED) is 0.723. The van der Waals surface area contributed by atoms with E-state index in [1.807, 2.05) is 6.92 Å². The molecule has 1 aliphatic carbocycles. The minimum absolute atomic E-state index is 0. The Morgan fingerprint density at radius 3 is 2.78 bits per heavy atom. The van der Waals surface area contributed by atoms with Crippen LogP contribution in [0.4, 0.5) is 0 Å². The minimum atomic E-state index is -0.262. The highest BCUT2D eigenvalue weighted by molar-refractivity contribution is 5.85. The van der Waals surface area contributed by atoms with E-state index in [0.29, 0.717) is 6.54 Å². The Kier molecular flexibility index (Phi) is 5.89. The second kappa shape index (κ2) is 6.73. The molecule has 0 bridgehead atoms. The van der Waals surface area contributed by atoms with E-state index >= 15 is 0 Å². The summed E-state index contributed by atoms with van der Waals surface area (Å²) in [5.41, 5.74) is -0.262. The summed E-state index contributed by atoms with van der Waals surface area (Å²) >= 11 is 0. The monoisotopic (exact) mass is 276 g/mol. The Morgan fingerprint density at radius 2 is 2.22 bits per heavy atom. The Bertz CT molecular complexity index is 280. The molecule has 5 heteroatoms. The van der Waals surface area contributed by atoms with E-state index in [4.69, 9.17) is 0 Å². The molecule has 1 amide bonds. The van der Waals surface area contributed by atoms with Gasteiger partial charge in [-0.3, -0.25) is 4.79 Å². The summed E-state index contributed by atoms with van der Waals surface area (Å²) in [6.07, 6.45) is 4.82. The number of hydrogen-bond donors (Lipinski definition) is 3. The summed E-state index contributed by atoms with van der Waals surface area (Å²) < 4.78 is 0. The summed E-state index contributed by atoms with van der Waals surface area (Å²) in [5, 5.41) is 16.0. The number of nitrogens with one attached hydrogen (secondary N) is 2. The predicted octanol–water partition coefficient (Wildman–Crippen LogP) is 1.08. The van der Waals surface area contributed by atoms with Crippen LogP contribution in [0, 0.1) is 11.3 Å². The molecule has 0 aromatic heterocycles. The van der Waals surface area contributed by atoms with Crippen molar-refractivity contribution < 1.29 is 9.90 Å². The number of carbonyl (C=O) groups excluding carboxylic acids is 1. The zero-order valence-corrected chi connectivity index (χ0v) is 11.9. The standard InChI is InChI=1S/C13H24N2O2.ClH/c1-13(6-3-7-14-9-13)12(17)15-8-10-4-2-5-11(10)16;/h10-11,14,16H,2-9H2,1H3,(H,15,17);1H. The first kappa shape index (κ1) is 15.7. The van der Waals surface area contributed by atoms with Crippen LogP contribution in [0.3, 0.4) is 0 Å². The van der Waals surface area contributed by atoms with E-state index in [2.05, 4.69) is 10.6 Å². The van der Waals surface area contributed by atoms with Crippen LogP contribution in [-0.4, -0.2) is 36.8 Å². The molecule has 1 saturated carbocycles. The van der Waals surface area contributed by atoms with Crippen molar-refractivity contribution in [1.29, 1.82) is 0 Å².